The van der Waals surface area contributed by atoms with E-state index in [0.717, 1.165) is 43.3 Å². The van der Waals surface area contributed by atoms with Gasteiger partial charge in [-0.3, -0.25) is 9.69 Å². The molecule has 2 aromatic rings. The number of rotatable bonds is 7. The summed E-state index contributed by atoms with van der Waals surface area (Å²) >= 11 is 0. The minimum atomic E-state index is -5.08. The van der Waals surface area contributed by atoms with Crippen molar-refractivity contribution in [1.29, 1.82) is 0 Å². The minimum absolute atomic E-state index is 0.111. The maximum absolute atomic E-state index is 13.3. The average molecular weight is 635 g/mol. The second-order valence-electron chi connectivity index (χ2n) is 10.5. The molecule has 2 aliphatic heterocycles. The third kappa shape index (κ3) is 8.64. The van der Waals surface area contributed by atoms with Crippen molar-refractivity contribution in [3.63, 3.8) is 0 Å². The van der Waals surface area contributed by atoms with Gasteiger partial charge in [0.2, 0.25) is 10.0 Å². The number of aliphatic carboxylic acids is 1. The van der Waals surface area contributed by atoms with Crippen molar-refractivity contribution in [3.05, 3.63) is 35.0 Å². The van der Waals surface area contributed by atoms with E-state index >= 15 is 0 Å². The lowest BCUT2D eigenvalue weighted by atomic mass is 10.0. The van der Waals surface area contributed by atoms with Crippen LogP contribution >= 0.6 is 0 Å². The Morgan fingerprint density at radius 2 is 1.63 bits per heavy atom. The van der Waals surface area contributed by atoms with Crippen LogP contribution in [-0.4, -0.2) is 127 Å². The summed E-state index contributed by atoms with van der Waals surface area (Å²) in [6.45, 7) is 8.41. The van der Waals surface area contributed by atoms with Gasteiger partial charge in [0.25, 0.3) is 0 Å². The van der Waals surface area contributed by atoms with Crippen LogP contribution in [0.3, 0.4) is 0 Å². The number of sulfonamides is 1. The molecule has 2 aliphatic rings. The number of benzene rings is 1. The van der Waals surface area contributed by atoms with Gasteiger partial charge in [-0.05, 0) is 70.1 Å². The fourth-order valence-corrected chi connectivity index (χ4v) is 6.59. The summed E-state index contributed by atoms with van der Waals surface area (Å²) in [6, 6.07) is 3.94. The van der Waals surface area contributed by atoms with E-state index in [1.807, 2.05) is 0 Å². The quantitative estimate of drug-likeness (QED) is 0.477. The summed E-state index contributed by atoms with van der Waals surface area (Å²) < 4.78 is 69.9. The molecule has 43 heavy (non-hydrogen) atoms. The number of carbonyl (C=O) groups is 2. The fraction of sp³-hybridized carbons (Fsp3) is 0.615. The van der Waals surface area contributed by atoms with Gasteiger partial charge >= 0.3 is 23.9 Å². The maximum Gasteiger partial charge on any atom is 0.490 e. The predicted octanol–water partition coefficient (Wildman–Crippen LogP) is 2.00. The molecule has 1 aromatic carbocycles. The van der Waals surface area contributed by atoms with Crippen molar-refractivity contribution in [3.8, 4) is 5.75 Å². The number of piperazine rings is 1. The van der Waals surface area contributed by atoms with Crippen molar-refractivity contribution in [2.24, 2.45) is 0 Å². The number of alkyl halides is 3. The highest BCUT2D eigenvalue weighted by atomic mass is 32.2. The summed E-state index contributed by atoms with van der Waals surface area (Å²) in [6.07, 6.45) is -2.77. The van der Waals surface area contributed by atoms with Gasteiger partial charge in [-0.1, -0.05) is 5.16 Å². The van der Waals surface area contributed by atoms with Gasteiger partial charge in [-0.25, -0.2) is 13.2 Å². The highest BCUT2D eigenvalue weighted by Gasteiger charge is 2.38. The van der Waals surface area contributed by atoms with Crippen molar-refractivity contribution in [2.45, 2.75) is 50.3 Å². The second-order valence-corrected chi connectivity index (χ2v) is 12.5. The van der Waals surface area contributed by atoms with E-state index in [0.29, 0.717) is 36.0 Å². The molecular weight excluding hydrogens is 597 g/mol. The summed E-state index contributed by atoms with van der Waals surface area (Å²) in [5.74, 6) is -2.45. The summed E-state index contributed by atoms with van der Waals surface area (Å²) in [5, 5.41) is 11.0. The van der Waals surface area contributed by atoms with Crippen LogP contribution in [0.4, 0.5) is 13.2 Å². The average Bonchev–Trinajstić information content (AvgIpc) is 3.41. The molecule has 4 rings (SSSR count). The molecule has 0 bridgehead atoms. The Hall–Kier alpha value is -3.28. The first-order valence-corrected chi connectivity index (χ1v) is 14.9. The van der Waals surface area contributed by atoms with Crippen LogP contribution in [0.5, 0.6) is 5.75 Å². The number of amides is 1. The lowest BCUT2D eigenvalue weighted by Gasteiger charge is -2.41. The van der Waals surface area contributed by atoms with E-state index in [4.69, 9.17) is 19.2 Å². The molecule has 0 spiro atoms. The maximum atomic E-state index is 13.3. The molecule has 1 aromatic heterocycles. The van der Waals surface area contributed by atoms with E-state index in [-0.39, 0.29) is 29.1 Å². The molecular formula is C26H37F3N6O7S. The van der Waals surface area contributed by atoms with Crippen LogP contribution < -0.4 is 4.74 Å². The lowest BCUT2D eigenvalue weighted by Crippen LogP contribution is -2.54. The summed E-state index contributed by atoms with van der Waals surface area (Å²) in [7, 11) is 1.33. The Morgan fingerprint density at radius 1 is 1.09 bits per heavy atom. The first-order chi connectivity index (χ1) is 20.0. The number of aromatic nitrogens is 2. The zero-order valence-corrected chi connectivity index (χ0v) is 25.5. The van der Waals surface area contributed by atoms with Gasteiger partial charge in [-0.2, -0.15) is 22.5 Å². The molecule has 1 N–H and O–H groups in total. The Kier molecular flexibility index (Phi) is 11.1. The van der Waals surface area contributed by atoms with Gasteiger partial charge in [-0.15, -0.1) is 0 Å². The molecule has 240 valence electrons. The van der Waals surface area contributed by atoms with E-state index < -0.39 is 22.2 Å². The van der Waals surface area contributed by atoms with Crippen LogP contribution in [0.25, 0.3) is 0 Å². The zero-order chi connectivity index (χ0) is 32.1. The molecule has 0 saturated carbocycles. The number of hydrogen-bond donors (Lipinski definition) is 1. The molecule has 2 saturated heterocycles. The first kappa shape index (κ1) is 34.2. The number of halogens is 3. The highest BCUT2D eigenvalue weighted by Crippen LogP contribution is 2.28. The third-order valence-corrected chi connectivity index (χ3v) is 9.51. The molecule has 13 nitrogen and oxygen atoms in total. The molecule has 17 heteroatoms. The highest BCUT2D eigenvalue weighted by molar-refractivity contribution is 7.89. The number of likely N-dealkylation sites (tertiary alicyclic amines) is 1. The smallest absolute Gasteiger partial charge is 0.490 e. The van der Waals surface area contributed by atoms with Crippen LogP contribution in [0.1, 0.15) is 40.5 Å². The van der Waals surface area contributed by atoms with Gasteiger partial charge in [0.15, 0.2) is 5.82 Å². The topological polar surface area (TPSA) is 150 Å². The summed E-state index contributed by atoms with van der Waals surface area (Å²) in [4.78, 5) is 32.8. The van der Waals surface area contributed by atoms with Crippen LogP contribution in [0.2, 0.25) is 0 Å². The fourth-order valence-electron chi connectivity index (χ4n) is 5.07. The molecule has 0 unspecified atom stereocenters. The first-order valence-electron chi connectivity index (χ1n) is 13.5. The van der Waals surface area contributed by atoms with E-state index in [1.54, 1.807) is 38.0 Å². The molecule has 3 heterocycles. The molecule has 0 aliphatic carbocycles. The largest absolute Gasteiger partial charge is 0.497 e. The van der Waals surface area contributed by atoms with Gasteiger partial charge in [0.05, 0.1) is 18.6 Å². The van der Waals surface area contributed by atoms with Gasteiger partial charge in [0, 0.05) is 39.3 Å². The number of carbonyl (C=O) groups excluding carboxylic acids is 1. The number of methoxy groups -OCH3 is 1. The number of hydrogen-bond acceptors (Lipinski definition) is 10. The number of carboxylic acids is 1. The SMILES string of the molecule is COc1cc(C)c(S(=O)(=O)N(C)Cc2noc(C(=O)N3CCN(C4CCN(C)CC4)CC3)n2)c(C)c1.O=C(O)C(F)(F)F. The van der Waals surface area contributed by atoms with E-state index in [9.17, 15) is 26.4 Å². The van der Waals surface area contributed by atoms with Crippen LogP contribution in [0.15, 0.2) is 21.6 Å². The minimum Gasteiger partial charge on any atom is -0.497 e. The van der Waals surface area contributed by atoms with Crippen molar-refractivity contribution >= 4 is 21.9 Å². The normalized spacial score (nSPS) is 17.5. The predicted molar refractivity (Wildman–Crippen MR) is 147 cm³/mol. The van der Waals surface area contributed by atoms with Crippen molar-refractivity contribution in [2.75, 3.05) is 60.5 Å². The Balaban J connectivity index is 0.000000646. The zero-order valence-electron chi connectivity index (χ0n) is 24.7. The number of nitrogens with zero attached hydrogens (tertiary/aromatic N) is 6. The Bertz CT molecular complexity index is 1360. The van der Waals surface area contributed by atoms with Crippen molar-refractivity contribution in [1.82, 2.24) is 29.1 Å². The molecule has 0 radical (unpaired) electrons. The lowest BCUT2D eigenvalue weighted by molar-refractivity contribution is -0.192. The third-order valence-electron chi connectivity index (χ3n) is 7.40. The number of piperidine rings is 1. The Labute approximate surface area is 248 Å². The van der Waals surface area contributed by atoms with Crippen LogP contribution in [0, 0.1) is 13.8 Å². The number of aryl methyl sites for hydroxylation is 2. The Morgan fingerprint density at radius 3 is 2.12 bits per heavy atom. The van der Waals surface area contributed by atoms with Gasteiger partial charge < -0.3 is 24.2 Å². The number of ether oxygens (including phenoxy) is 1. The standard InChI is InChI=1S/C24H36N6O5S.C2HF3O2/c1-17-14-20(34-5)15-18(2)22(17)36(32,33)28(4)16-21-25-23(35-26-21)24(31)30-12-10-29(11-13-30)19-6-8-27(3)9-7-19;3-2(4,5)1(6)7/h14-15,19H,6-13,16H2,1-5H3;(H,6,7). The van der Waals surface area contributed by atoms with E-state index in [1.165, 1.54) is 7.05 Å². The van der Waals surface area contributed by atoms with E-state index in [2.05, 4.69) is 27.0 Å². The van der Waals surface area contributed by atoms with Crippen molar-refractivity contribution < 1.29 is 45.5 Å². The second kappa shape index (κ2) is 14.0. The monoisotopic (exact) mass is 634 g/mol. The number of carboxylic acid groups (broad SMARTS) is 1. The molecule has 2 fully saturated rings. The molecule has 1 amide bonds. The molecule has 0 atom stereocenters. The summed E-state index contributed by atoms with van der Waals surface area (Å²) in [5.41, 5.74) is 1.17. The van der Waals surface area contributed by atoms with Gasteiger partial charge in [0.1, 0.15) is 5.75 Å². The van der Waals surface area contributed by atoms with Crippen LogP contribution in [-0.2, 0) is 21.4 Å².